The van der Waals surface area contributed by atoms with Crippen molar-refractivity contribution in [2.75, 3.05) is 39.6 Å². The first-order valence-electron chi connectivity index (χ1n) is 41.3. The summed E-state index contributed by atoms with van der Waals surface area (Å²) < 4.78 is 68.6. The number of rotatable bonds is 77. The summed E-state index contributed by atoms with van der Waals surface area (Å²) in [7, 11) is -9.92. The van der Waals surface area contributed by atoms with Crippen LogP contribution in [0.3, 0.4) is 0 Å². The average Bonchev–Trinajstić information content (AvgIpc) is 1.20. The second-order valence-corrected chi connectivity index (χ2v) is 32.9. The van der Waals surface area contributed by atoms with Gasteiger partial charge in [0.1, 0.15) is 19.3 Å². The number of aliphatic hydroxyl groups is 1. The molecule has 0 bridgehead atoms. The van der Waals surface area contributed by atoms with Crippen molar-refractivity contribution in [2.45, 2.75) is 427 Å². The van der Waals surface area contributed by atoms with Gasteiger partial charge >= 0.3 is 39.5 Å². The number of phosphoric ester groups is 2. The molecule has 0 aliphatic heterocycles. The summed E-state index contributed by atoms with van der Waals surface area (Å²) in [6.07, 6.45) is 55.7. The molecule has 0 aliphatic rings. The van der Waals surface area contributed by atoms with E-state index in [0.717, 1.165) is 120 Å². The van der Waals surface area contributed by atoms with Crippen LogP contribution in [0.25, 0.3) is 0 Å². The Morgan fingerprint density at radius 1 is 0.283 bits per heavy atom. The number of phosphoric acid groups is 2. The van der Waals surface area contributed by atoms with Crippen molar-refractivity contribution in [3.8, 4) is 0 Å². The molecule has 5 unspecified atom stereocenters. The first-order chi connectivity index (χ1) is 47.7. The summed E-state index contributed by atoms with van der Waals surface area (Å²) in [5.74, 6) is 1.01. The van der Waals surface area contributed by atoms with Crippen molar-refractivity contribution in [1.29, 1.82) is 0 Å². The van der Waals surface area contributed by atoms with Gasteiger partial charge in [0, 0.05) is 25.7 Å². The van der Waals surface area contributed by atoms with Crippen LogP contribution in [0.15, 0.2) is 0 Å². The van der Waals surface area contributed by atoms with E-state index in [1.54, 1.807) is 0 Å². The molecule has 99 heavy (non-hydrogen) atoms. The van der Waals surface area contributed by atoms with Gasteiger partial charge in [-0.15, -0.1) is 0 Å². The summed E-state index contributed by atoms with van der Waals surface area (Å²) in [5.41, 5.74) is 0. The molecule has 0 saturated heterocycles. The second-order valence-electron chi connectivity index (χ2n) is 30.0. The fourth-order valence-electron chi connectivity index (χ4n) is 12.2. The Hall–Kier alpha value is -1.94. The summed E-state index contributed by atoms with van der Waals surface area (Å²) >= 11 is 0. The standard InChI is InChI=1S/C80H156O17P2/c1-9-71(6)57-49-41-32-28-24-20-16-14-12-13-15-17-22-26-30-34-46-54-62-80(85)97-76(67-91-78(83)61-53-45-39-37-43-51-59-73(8)11-3)69-95-99(88,89)93-65-74(81)64-92-98(86,87)94-68-75(66-90-77(82)60-52-44-38-36-40-48-56-70(4)5)96-79(84)63-55-47-35-31-27-23-19-18-21-25-29-33-42-50-58-72(7)10-2/h70-76,81H,9-69H2,1-8H3,(H,86,87)(H,88,89)/t71?,72?,73?,74-,75-,76-/m1/s1. The first kappa shape index (κ1) is 97.1. The molecule has 8 atom stereocenters. The number of esters is 4. The third kappa shape index (κ3) is 70.2. The van der Waals surface area contributed by atoms with Crippen LogP contribution in [0.5, 0.6) is 0 Å². The Morgan fingerprint density at radius 2 is 0.485 bits per heavy atom. The third-order valence-electron chi connectivity index (χ3n) is 19.7. The molecule has 19 heteroatoms. The molecular formula is C80H156O17P2. The summed E-state index contributed by atoms with van der Waals surface area (Å²) in [4.78, 5) is 72.9. The van der Waals surface area contributed by atoms with Crippen LogP contribution in [-0.4, -0.2) is 96.7 Å². The minimum Gasteiger partial charge on any atom is -0.462 e. The quantitative estimate of drug-likeness (QED) is 0.0222. The maximum absolute atomic E-state index is 13.1. The van der Waals surface area contributed by atoms with Gasteiger partial charge in [0.25, 0.3) is 0 Å². The molecule has 0 saturated carbocycles. The molecule has 0 amide bonds. The van der Waals surface area contributed by atoms with E-state index in [1.165, 1.54) is 199 Å². The minimum atomic E-state index is -4.96. The maximum Gasteiger partial charge on any atom is 0.472 e. The zero-order valence-electron chi connectivity index (χ0n) is 65.1. The molecule has 588 valence electrons. The fraction of sp³-hybridized carbons (Fsp3) is 0.950. The van der Waals surface area contributed by atoms with Crippen LogP contribution in [-0.2, 0) is 65.4 Å². The zero-order valence-corrected chi connectivity index (χ0v) is 66.9. The lowest BCUT2D eigenvalue weighted by Crippen LogP contribution is -2.30. The van der Waals surface area contributed by atoms with Crippen molar-refractivity contribution >= 4 is 39.5 Å². The van der Waals surface area contributed by atoms with Gasteiger partial charge < -0.3 is 33.8 Å². The molecule has 0 aromatic heterocycles. The van der Waals surface area contributed by atoms with Gasteiger partial charge in [0.2, 0.25) is 0 Å². The average molecular weight is 1450 g/mol. The van der Waals surface area contributed by atoms with Crippen LogP contribution >= 0.6 is 15.6 Å². The predicted octanol–water partition coefficient (Wildman–Crippen LogP) is 23.6. The normalized spacial score (nSPS) is 14.9. The van der Waals surface area contributed by atoms with Crippen molar-refractivity contribution in [3.05, 3.63) is 0 Å². The summed E-state index contributed by atoms with van der Waals surface area (Å²) in [6.45, 7) is 14.2. The van der Waals surface area contributed by atoms with Crippen LogP contribution in [0.2, 0.25) is 0 Å². The molecular weight excluding hydrogens is 1290 g/mol. The van der Waals surface area contributed by atoms with Gasteiger partial charge in [-0.3, -0.25) is 37.3 Å². The van der Waals surface area contributed by atoms with E-state index in [1.807, 2.05) is 0 Å². The number of aliphatic hydroxyl groups excluding tert-OH is 1. The molecule has 0 aromatic carbocycles. The van der Waals surface area contributed by atoms with Crippen LogP contribution in [0.1, 0.15) is 409 Å². The Kier molecular flexibility index (Phi) is 67.8. The van der Waals surface area contributed by atoms with Gasteiger partial charge in [0.15, 0.2) is 12.2 Å². The largest absolute Gasteiger partial charge is 0.472 e. The highest BCUT2D eigenvalue weighted by Gasteiger charge is 2.30. The highest BCUT2D eigenvalue weighted by atomic mass is 31.2. The number of hydrogen-bond acceptors (Lipinski definition) is 15. The lowest BCUT2D eigenvalue weighted by atomic mass is 9.99. The number of hydrogen-bond donors (Lipinski definition) is 3. The van der Waals surface area contributed by atoms with Crippen LogP contribution in [0, 0.1) is 23.7 Å². The van der Waals surface area contributed by atoms with Crippen molar-refractivity contribution < 1.29 is 80.2 Å². The SMILES string of the molecule is CCC(C)CCCCCCCCCCCCCCCCCCCCC(=O)O[C@H](COC(=O)CCCCCCCCC(C)CC)COP(=O)(O)OC[C@H](O)COP(=O)(O)OC[C@@H](COC(=O)CCCCCCCCC(C)C)OC(=O)CCCCCCCCCCCCCCCCC(C)CC. The molecule has 0 radical (unpaired) electrons. The maximum atomic E-state index is 13.1. The van der Waals surface area contributed by atoms with E-state index in [4.69, 9.17) is 37.0 Å². The molecule has 0 rings (SSSR count). The minimum absolute atomic E-state index is 0.106. The summed E-state index contributed by atoms with van der Waals surface area (Å²) in [6, 6.07) is 0. The lowest BCUT2D eigenvalue weighted by Gasteiger charge is -2.21. The Balaban J connectivity index is 5.15. The molecule has 0 aliphatic carbocycles. The number of carbonyl (C=O) groups is 4. The van der Waals surface area contributed by atoms with Crippen LogP contribution in [0.4, 0.5) is 0 Å². The number of unbranched alkanes of at least 4 members (excludes halogenated alkanes) is 40. The number of carbonyl (C=O) groups excluding carboxylic acids is 4. The Bertz CT molecular complexity index is 1940. The van der Waals surface area contributed by atoms with Crippen molar-refractivity contribution in [2.24, 2.45) is 23.7 Å². The monoisotopic (exact) mass is 1450 g/mol. The van der Waals surface area contributed by atoms with E-state index in [-0.39, 0.29) is 25.7 Å². The van der Waals surface area contributed by atoms with E-state index in [2.05, 4.69) is 55.4 Å². The van der Waals surface area contributed by atoms with E-state index in [0.29, 0.717) is 31.6 Å². The summed E-state index contributed by atoms with van der Waals surface area (Å²) in [5, 5.41) is 10.6. The third-order valence-corrected chi connectivity index (χ3v) is 21.6. The van der Waals surface area contributed by atoms with Crippen molar-refractivity contribution in [3.63, 3.8) is 0 Å². The first-order valence-corrected chi connectivity index (χ1v) is 44.3. The number of ether oxygens (including phenoxy) is 4. The lowest BCUT2D eigenvalue weighted by molar-refractivity contribution is -0.161. The Labute approximate surface area is 607 Å². The highest BCUT2D eigenvalue weighted by molar-refractivity contribution is 7.47. The zero-order chi connectivity index (χ0) is 73.1. The Morgan fingerprint density at radius 3 is 0.717 bits per heavy atom. The van der Waals surface area contributed by atoms with E-state index >= 15 is 0 Å². The molecule has 0 aromatic rings. The van der Waals surface area contributed by atoms with Gasteiger partial charge in [0.05, 0.1) is 26.4 Å². The topological polar surface area (TPSA) is 237 Å². The fourth-order valence-corrected chi connectivity index (χ4v) is 13.7. The molecule has 0 heterocycles. The predicted molar refractivity (Wildman–Crippen MR) is 404 cm³/mol. The van der Waals surface area contributed by atoms with Gasteiger partial charge in [-0.2, -0.15) is 0 Å². The van der Waals surface area contributed by atoms with Gasteiger partial charge in [-0.1, -0.05) is 357 Å². The van der Waals surface area contributed by atoms with E-state index < -0.39 is 97.5 Å². The van der Waals surface area contributed by atoms with Crippen molar-refractivity contribution in [1.82, 2.24) is 0 Å². The van der Waals surface area contributed by atoms with E-state index in [9.17, 15) is 43.2 Å². The molecule has 0 spiro atoms. The molecule has 17 nitrogen and oxygen atoms in total. The highest BCUT2D eigenvalue weighted by Crippen LogP contribution is 2.45. The van der Waals surface area contributed by atoms with Gasteiger partial charge in [-0.25, -0.2) is 9.13 Å². The second kappa shape index (κ2) is 69.1. The molecule has 3 N–H and O–H groups in total. The van der Waals surface area contributed by atoms with Gasteiger partial charge in [-0.05, 0) is 49.4 Å². The van der Waals surface area contributed by atoms with Crippen LogP contribution < -0.4 is 0 Å². The smallest absolute Gasteiger partial charge is 0.462 e. The molecule has 0 fully saturated rings.